The molecule has 0 bridgehead atoms. The van der Waals surface area contributed by atoms with Gasteiger partial charge in [0.2, 0.25) is 11.8 Å². The van der Waals surface area contributed by atoms with Crippen LogP contribution >= 0.6 is 11.6 Å². The van der Waals surface area contributed by atoms with Crippen LogP contribution in [0.3, 0.4) is 0 Å². The normalized spacial score (nSPS) is 12.0. The Balaban J connectivity index is 1.56. The molecule has 178 valence electrons. The fourth-order valence-corrected chi connectivity index (χ4v) is 4.40. The van der Waals surface area contributed by atoms with Gasteiger partial charge in [0.05, 0.1) is 11.3 Å². The van der Waals surface area contributed by atoms with Crippen molar-refractivity contribution in [2.75, 3.05) is 5.32 Å². The SMILES string of the molecule is CCc1ccc(-n2c(=O)c3c(n2CC(=O)Nc2ccc(C)c(F)c2)Oc2ccc(Cl)cc2C3)cc1. The van der Waals surface area contributed by atoms with Crippen LogP contribution in [-0.2, 0) is 24.2 Å². The quantitative estimate of drug-likeness (QED) is 0.346. The number of anilines is 1. The predicted molar refractivity (Wildman–Crippen MR) is 134 cm³/mol. The lowest BCUT2D eigenvalue weighted by Gasteiger charge is -2.20. The number of benzene rings is 3. The smallest absolute Gasteiger partial charge is 0.278 e. The molecule has 1 amide bonds. The van der Waals surface area contributed by atoms with Gasteiger partial charge in [0.1, 0.15) is 18.1 Å². The van der Waals surface area contributed by atoms with E-state index in [1.54, 1.807) is 37.3 Å². The van der Waals surface area contributed by atoms with Crippen molar-refractivity contribution in [1.82, 2.24) is 9.36 Å². The van der Waals surface area contributed by atoms with Crippen LogP contribution in [0.1, 0.15) is 29.2 Å². The van der Waals surface area contributed by atoms with Crippen molar-refractivity contribution in [3.8, 4) is 17.3 Å². The Kier molecular flexibility index (Phi) is 5.94. The van der Waals surface area contributed by atoms with Gasteiger partial charge in [-0.05, 0) is 66.9 Å². The lowest BCUT2D eigenvalue weighted by molar-refractivity contribution is -0.117. The van der Waals surface area contributed by atoms with Gasteiger partial charge in [-0.1, -0.05) is 36.7 Å². The number of hydrogen-bond acceptors (Lipinski definition) is 3. The molecule has 8 heteroatoms. The van der Waals surface area contributed by atoms with Gasteiger partial charge < -0.3 is 10.1 Å². The molecule has 3 aromatic carbocycles. The third-order valence-corrected chi connectivity index (χ3v) is 6.35. The first kappa shape index (κ1) is 22.9. The average Bonchev–Trinajstić information content (AvgIpc) is 3.10. The Morgan fingerprint density at radius 2 is 1.89 bits per heavy atom. The van der Waals surface area contributed by atoms with Crippen LogP contribution in [0.2, 0.25) is 5.02 Å². The standard InChI is InChI=1S/C27H23ClFN3O3/c1-3-17-5-9-21(10-6-17)32-26(34)22-13-18-12-19(28)7-11-24(18)35-27(22)31(32)15-25(33)30-20-8-4-16(2)23(29)14-20/h4-12,14H,3,13,15H2,1-2H3,(H,30,33). The summed E-state index contributed by atoms with van der Waals surface area (Å²) in [5, 5.41) is 3.26. The number of nitrogens with one attached hydrogen (secondary N) is 1. The molecule has 5 rings (SSSR count). The highest BCUT2D eigenvalue weighted by molar-refractivity contribution is 6.30. The van der Waals surface area contributed by atoms with Gasteiger partial charge in [-0.2, -0.15) is 0 Å². The number of carbonyl (C=O) groups excluding carboxylic acids is 1. The second-order valence-electron chi connectivity index (χ2n) is 8.52. The number of hydrogen-bond donors (Lipinski definition) is 1. The van der Waals surface area contributed by atoms with Crippen molar-refractivity contribution in [2.24, 2.45) is 0 Å². The van der Waals surface area contributed by atoms with Gasteiger partial charge in [0.25, 0.3) is 5.56 Å². The summed E-state index contributed by atoms with van der Waals surface area (Å²) in [6, 6.07) is 17.3. The average molecular weight is 492 g/mol. The summed E-state index contributed by atoms with van der Waals surface area (Å²) < 4.78 is 23.1. The summed E-state index contributed by atoms with van der Waals surface area (Å²) in [6.07, 6.45) is 1.19. The van der Waals surface area contributed by atoms with E-state index >= 15 is 0 Å². The van der Waals surface area contributed by atoms with E-state index in [4.69, 9.17) is 16.3 Å². The van der Waals surface area contributed by atoms with Crippen LogP contribution in [-0.4, -0.2) is 15.3 Å². The Morgan fingerprint density at radius 1 is 1.11 bits per heavy atom. The molecule has 0 fully saturated rings. The fourth-order valence-electron chi connectivity index (χ4n) is 4.20. The van der Waals surface area contributed by atoms with Gasteiger partial charge in [0.15, 0.2) is 0 Å². The lowest BCUT2D eigenvalue weighted by atomic mass is 10.0. The molecule has 0 spiro atoms. The highest BCUT2D eigenvalue weighted by Gasteiger charge is 2.29. The van der Waals surface area contributed by atoms with Crippen LogP contribution in [0, 0.1) is 12.7 Å². The number of carbonyl (C=O) groups is 1. The third-order valence-electron chi connectivity index (χ3n) is 6.12. The number of amides is 1. The highest BCUT2D eigenvalue weighted by atomic mass is 35.5. The molecule has 0 aliphatic carbocycles. The van der Waals surface area contributed by atoms with E-state index in [1.807, 2.05) is 24.3 Å². The molecule has 0 radical (unpaired) electrons. The molecule has 1 aliphatic heterocycles. The minimum absolute atomic E-state index is 0.210. The first-order valence-electron chi connectivity index (χ1n) is 11.3. The Morgan fingerprint density at radius 3 is 2.60 bits per heavy atom. The summed E-state index contributed by atoms with van der Waals surface area (Å²) >= 11 is 6.15. The van der Waals surface area contributed by atoms with E-state index in [2.05, 4.69) is 12.2 Å². The number of rotatable bonds is 5. The number of aromatic nitrogens is 2. The largest absolute Gasteiger partial charge is 0.439 e. The van der Waals surface area contributed by atoms with Gasteiger partial charge in [-0.25, -0.2) is 13.8 Å². The van der Waals surface area contributed by atoms with E-state index in [0.717, 1.165) is 17.5 Å². The number of ether oxygens (including phenoxy) is 1. The number of aryl methyl sites for hydroxylation is 2. The summed E-state index contributed by atoms with van der Waals surface area (Å²) in [5.74, 6) is 0.0490. The van der Waals surface area contributed by atoms with Crippen LogP contribution in [0.4, 0.5) is 10.1 Å². The second-order valence-corrected chi connectivity index (χ2v) is 8.96. The maximum atomic E-state index is 14.0. The van der Waals surface area contributed by atoms with Crippen molar-refractivity contribution >= 4 is 23.2 Å². The maximum Gasteiger partial charge on any atom is 0.278 e. The molecule has 1 aliphatic rings. The van der Waals surface area contributed by atoms with Gasteiger partial charge >= 0.3 is 0 Å². The molecular formula is C27H23ClFN3O3. The van der Waals surface area contributed by atoms with E-state index in [9.17, 15) is 14.0 Å². The molecule has 35 heavy (non-hydrogen) atoms. The molecule has 1 N–H and O–H groups in total. The summed E-state index contributed by atoms with van der Waals surface area (Å²) in [4.78, 5) is 26.6. The van der Waals surface area contributed by atoms with Gasteiger partial charge in [0, 0.05) is 22.7 Å². The second kappa shape index (κ2) is 9.07. The molecule has 1 aromatic heterocycles. The molecule has 0 unspecified atom stereocenters. The summed E-state index contributed by atoms with van der Waals surface area (Å²) in [5.41, 5.74) is 3.52. The fraction of sp³-hybridized carbons (Fsp3) is 0.185. The Labute approximate surface area is 206 Å². The van der Waals surface area contributed by atoms with Crippen LogP contribution in [0.5, 0.6) is 11.6 Å². The van der Waals surface area contributed by atoms with E-state index in [0.29, 0.717) is 45.6 Å². The van der Waals surface area contributed by atoms with Crippen LogP contribution in [0.15, 0.2) is 65.5 Å². The summed E-state index contributed by atoms with van der Waals surface area (Å²) in [6.45, 7) is 3.49. The first-order valence-corrected chi connectivity index (χ1v) is 11.7. The van der Waals surface area contributed by atoms with Crippen molar-refractivity contribution in [2.45, 2.75) is 33.2 Å². The van der Waals surface area contributed by atoms with E-state index in [-0.39, 0.29) is 12.1 Å². The number of fused-ring (bicyclic) bond motifs is 2. The lowest BCUT2D eigenvalue weighted by Crippen LogP contribution is -2.27. The van der Waals surface area contributed by atoms with Gasteiger partial charge in [-0.15, -0.1) is 0 Å². The maximum absolute atomic E-state index is 14.0. The van der Waals surface area contributed by atoms with E-state index in [1.165, 1.54) is 15.4 Å². The molecule has 0 atom stereocenters. The van der Waals surface area contributed by atoms with Crippen molar-refractivity contribution in [3.05, 3.63) is 104 Å². The van der Waals surface area contributed by atoms with Crippen LogP contribution in [0.25, 0.3) is 5.69 Å². The molecule has 0 saturated heterocycles. The molecule has 0 saturated carbocycles. The Bertz CT molecular complexity index is 1510. The molecule has 4 aromatic rings. The molecule has 2 heterocycles. The topological polar surface area (TPSA) is 65.3 Å². The molecule has 6 nitrogen and oxygen atoms in total. The number of nitrogens with zero attached hydrogens (tertiary/aromatic N) is 2. The monoisotopic (exact) mass is 491 g/mol. The van der Waals surface area contributed by atoms with E-state index < -0.39 is 11.7 Å². The highest BCUT2D eigenvalue weighted by Crippen LogP contribution is 2.37. The van der Waals surface area contributed by atoms with Crippen molar-refractivity contribution < 1.29 is 13.9 Å². The predicted octanol–water partition coefficient (Wildman–Crippen LogP) is 5.64. The molecular weight excluding hydrogens is 469 g/mol. The minimum Gasteiger partial charge on any atom is -0.439 e. The van der Waals surface area contributed by atoms with Gasteiger partial charge in [-0.3, -0.25) is 9.59 Å². The first-order chi connectivity index (χ1) is 16.8. The Hall–Kier alpha value is -3.84. The zero-order valence-electron chi connectivity index (χ0n) is 19.3. The zero-order valence-corrected chi connectivity index (χ0v) is 20.0. The van der Waals surface area contributed by atoms with Crippen LogP contribution < -0.4 is 15.6 Å². The van der Waals surface area contributed by atoms with Crippen molar-refractivity contribution in [1.29, 1.82) is 0 Å². The zero-order chi connectivity index (χ0) is 24.7. The summed E-state index contributed by atoms with van der Waals surface area (Å²) in [7, 11) is 0. The third kappa shape index (κ3) is 4.35. The number of halogens is 2. The minimum atomic E-state index is -0.421. The van der Waals surface area contributed by atoms with Crippen molar-refractivity contribution in [3.63, 3.8) is 0 Å².